The van der Waals surface area contributed by atoms with E-state index in [-0.39, 0.29) is 6.61 Å². The van der Waals surface area contributed by atoms with Crippen molar-refractivity contribution in [3.8, 4) is 0 Å². The van der Waals surface area contributed by atoms with Crippen LogP contribution in [0.15, 0.2) is 0 Å². The molecule has 0 amide bonds. The number of alkyl halides is 4. The second kappa shape index (κ2) is 9.71. The highest BCUT2D eigenvalue weighted by atomic mass is 19.3. The van der Waals surface area contributed by atoms with Gasteiger partial charge in [0, 0.05) is 19.8 Å². The molecule has 0 saturated carbocycles. The van der Waals surface area contributed by atoms with E-state index in [0.717, 1.165) is 12.8 Å². The van der Waals surface area contributed by atoms with E-state index >= 15 is 0 Å². The minimum atomic E-state index is -3.87. The molecule has 1 unspecified atom stereocenters. The number of hydrogen-bond donors (Lipinski definition) is 0. The third kappa shape index (κ3) is 8.85. The molecule has 0 aliphatic carbocycles. The Morgan fingerprint density at radius 2 is 1.80 bits per heavy atom. The normalized spacial score (nSPS) is 18.4. The number of hydrogen-bond acceptors (Lipinski definition) is 4. The van der Waals surface area contributed by atoms with Crippen LogP contribution < -0.4 is 0 Å². The Kier molecular flexibility index (Phi) is 8.60. The summed E-state index contributed by atoms with van der Waals surface area (Å²) in [5, 5.41) is 0. The molecule has 0 radical (unpaired) electrons. The number of carbonyl (C=O) groups is 1. The molecule has 0 bridgehead atoms. The first-order valence-electron chi connectivity index (χ1n) is 8.63. The Balaban J connectivity index is 2.56. The maximum absolute atomic E-state index is 14.1. The van der Waals surface area contributed by atoms with E-state index in [1.807, 2.05) is 0 Å². The van der Waals surface area contributed by atoms with Crippen molar-refractivity contribution in [1.82, 2.24) is 0 Å². The van der Waals surface area contributed by atoms with Gasteiger partial charge in [0.1, 0.15) is 0 Å². The first-order chi connectivity index (χ1) is 11.5. The van der Waals surface area contributed by atoms with E-state index in [9.17, 15) is 22.4 Å². The summed E-state index contributed by atoms with van der Waals surface area (Å²) in [7, 11) is 0. The fourth-order valence-electron chi connectivity index (χ4n) is 2.52. The van der Waals surface area contributed by atoms with Gasteiger partial charge in [-0.1, -0.05) is 13.8 Å². The van der Waals surface area contributed by atoms with Crippen LogP contribution in [-0.4, -0.2) is 50.3 Å². The summed E-state index contributed by atoms with van der Waals surface area (Å²) in [6.07, 6.45) is -1.29. The molecule has 1 fully saturated rings. The molecular weight excluding hydrogens is 344 g/mol. The van der Waals surface area contributed by atoms with E-state index in [0.29, 0.717) is 32.5 Å². The molecule has 1 rings (SSSR count). The molecule has 0 spiro atoms. The smallest absolute Gasteiger partial charge is 0.308 e. The quantitative estimate of drug-likeness (QED) is 0.329. The Bertz CT molecular complexity index is 404. The highest BCUT2D eigenvalue weighted by molar-refractivity contribution is 5.71. The van der Waals surface area contributed by atoms with Gasteiger partial charge in [-0.25, -0.2) is 17.6 Å². The van der Waals surface area contributed by atoms with E-state index in [2.05, 4.69) is 0 Å². The molecule has 0 aromatic heterocycles. The molecule has 4 nitrogen and oxygen atoms in total. The SMILES string of the molecule is CC(C)C(=O)OC(COCCC1CCOCC1)C(F)(F)CC(C)(F)F. The molecule has 1 aliphatic heterocycles. The van der Waals surface area contributed by atoms with E-state index in [1.54, 1.807) is 0 Å². The molecule has 148 valence electrons. The van der Waals surface area contributed by atoms with Gasteiger partial charge in [0.15, 0.2) is 6.10 Å². The molecular formula is C17H28F4O4. The summed E-state index contributed by atoms with van der Waals surface area (Å²) in [6.45, 7) is 4.32. The van der Waals surface area contributed by atoms with Crippen LogP contribution in [-0.2, 0) is 19.0 Å². The van der Waals surface area contributed by atoms with Crippen LogP contribution in [0.2, 0.25) is 0 Å². The number of carbonyl (C=O) groups excluding carboxylic acids is 1. The third-order valence-electron chi connectivity index (χ3n) is 4.03. The van der Waals surface area contributed by atoms with Crippen LogP contribution >= 0.6 is 0 Å². The van der Waals surface area contributed by atoms with Gasteiger partial charge in [-0.15, -0.1) is 0 Å². The van der Waals surface area contributed by atoms with Crippen molar-refractivity contribution in [3.63, 3.8) is 0 Å². The van der Waals surface area contributed by atoms with Crippen molar-refractivity contribution in [2.75, 3.05) is 26.4 Å². The van der Waals surface area contributed by atoms with Crippen LogP contribution in [0.4, 0.5) is 17.6 Å². The van der Waals surface area contributed by atoms with E-state index in [1.165, 1.54) is 13.8 Å². The maximum Gasteiger partial charge on any atom is 0.308 e. The predicted molar refractivity (Wildman–Crippen MR) is 83.9 cm³/mol. The van der Waals surface area contributed by atoms with Crippen molar-refractivity contribution < 1.29 is 36.6 Å². The topological polar surface area (TPSA) is 44.8 Å². The van der Waals surface area contributed by atoms with Crippen molar-refractivity contribution in [2.24, 2.45) is 11.8 Å². The van der Waals surface area contributed by atoms with E-state index in [4.69, 9.17) is 14.2 Å². The molecule has 1 atom stereocenters. The van der Waals surface area contributed by atoms with Crippen LogP contribution in [0.25, 0.3) is 0 Å². The van der Waals surface area contributed by atoms with Crippen molar-refractivity contribution >= 4 is 5.97 Å². The molecule has 8 heteroatoms. The van der Waals surface area contributed by atoms with Crippen LogP contribution in [0, 0.1) is 11.8 Å². The lowest BCUT2D eigenvalue weighted by Gasteiger charge is -2.29. The van der Waals surface area contributed by atoms with Gasteiger partial charge in [-0.2, -0.15) is 0 Å². The highest BCUT2D eigenvalue weighted by Crippen LogP contribution is 2.34. The zero-order chi connectivity index (χ0) is 19.1. The minimum Gasteiger partial charge on any atom is -0.453 e. The lowest BCUT2D eigenvalue weighted by molar-refractivity contribution is -0.203. The lowest BCUT2D eigenvalue weighted by Crippen LogP contribution is -2.44. The van der Waals surface area contributed by atoms with Crippen LogP contribution in [0.3, 0.4) is 0 Å². The fourth-order valence-corrected chi connectivity index (χ4v) is 2.52. The van der Waals surface area contributed by atoms with Gasteiger partial charge in [0.05, 0.1) is 18.9 Å². The summed E-state index contributed by atoms with van der Waals surface area (Å²) in [6, 6.07) is 0. The van der Waals surface area contributed by atoms with Gasteiger partial charge in [0.2, 0.25) is 0 Å². The van der Waals surface area contributed by atoms with Crippen LogP contribution in [0.1, 0.15) is 46.5 Å². The van der Waals surface area contributed by atoms with Gasteiger partial charge in [-0.05, 0) is 32.1 Å². The largest absolute Gasteiger partial charge is 0.453 e. The average Bonchev–Trinajstić information content (AvgIpc) is 2.48. The van der Waals surface area contributed by atoms with Crippen LogP contribution in [0.5, 0.6) is 0 Å². The van der Waals surface area contributed by atoms with Crippen molar-refractivity contribution in [2.45, 2.75) is 64.4 Å². The number of rotatable bonds is 10. The minimum absolute atomic E-state index is 0.207. The fraction of sp³-hybridized carbons (Fsp3) is 0.941. The van der Waals surface area contributed by atoms with Gasteiger partial charge in [-0.3, -0.25) is 4.79 Å². The molecule has 25 heavy (non-hydrogen) atoms. The monoisotopic (exact) mass is 372 g/mol. The summed E-state index contributed by atoms with van der Waals surface area (Å²) < 4.78 is 69.6. The number of ether oxygens (including phenoxy) is 3. The highest BCUT2D eigenvalue weighted by Gasteiger charge is 2.48. The second-order valence-electron chi connectivity index (χ2n) is 7.01. The first kappa shape index (κ1) is 22.2. The Hall–Kier alpha value is -0.890. The zero-order valence-corrected chi connectivity index (χ0v) is 15.0. The summed E-state index contributed by atoms with van der Waals surface area (Å²) >= 11 is 0. The van der Waals surface area contributed by atoms with Crippen molar-refractivity contribution in [1.29, 1.82) is 0 Å². The Morgan fingerprint density at radius 1 is 1.20 bits per heavy atom. The Labute approximate surface area is 146 Å². The molecule has 0 aromatic rings. The van der Waals surface area contributed by atoms with Gasteiger partial charge < -0.3 is 14.2 Å². The summed E-state index contributed by atoms with van der Waals surface area (Å²) in [4.78, 5) is 11.6. The first-order valence-corrected chi connectivity index (χ1v) is 8.63. The molecule has 0 aromatic carbocycles. The van der Waals surface area contributed by atoms with Gasteiger partial charge in [0.25, 0.3) is 11.8 Å². The second-order valence-corrected chi connectivity index (χ2v) is 7.01. The molecule has 0 N–H and O–H groups in total. The summed E-state index contributed by atoms with van der Waals surface area (Å²) in [5.74, 6) is -8.55. The van der Waals surface area contributed by atoms with E-state index < -0.39 is 42.9 Å². The standard InChI is InChI=1S/C17H28F4O4/c1-12(2)15(22)25-14(17(20,21)11-16(3,18)19)10-24-9-6-13-4-7-23-8-5-13/h12-14H,4-11H2,1-3H3. The average molecular weight is 372 g/mol. The zero-order valence-electron chi connectivity index (χ0n) is 15.0. The maximum atomic E-state index is 14.1. The Morgan fingerprint density at radius 3 is 2.32 bits per heavy atom. The number of halogens is 4. The summed E-state index contributed by atoms with van der Waals surface area (Å²) in [5.41, 5.74) is 0. The predicted octanol–water partition coefficient (Wildman–Crippen LogP) is 4.07. The van der Waals surface area contributed by atoms with Crippen molar-refractivity contribution in [3.05, 3.63) is 0 Å². The molecule has 1 heterocycles. The number of esters is 1. The van der Waals surface area contributed by atoms with Gasteiger partial charge >= 0.3 is 5.97 Å². The lowest BCUT2D eigenvalue weighted by atomic mass is 9.97. The molecule has 1 aliphatic rings. The third-order valence-corrected chi connectivity index (χ3v) is 4.03. The molecule has 1 saturated heterocycles.